The van der Waals surface area contributed by atoms with Gasteiger partial charge in [0.15, 0.2) is 0 Å². The van der Waals surface area contributed by atoms with E-state index in [2.05, 4.69) is 96.9 Å². The van der Waals surface area contributed by atoms with E-state index < -0.39 is 11.9 Å². The fraction of sp³-hybridized carbons (Fsp3) is 1.00. The number of hydrogen-bond acceptors (Lipinski definition) is 6. The monoisotopic (exact) mass is 673 g/mol. The molecule has 6 nitrogen and oxygen atoms in total. The smallest absolute Gasteiger partial charge is 0.283 e. The van der Waals surface area contributed by atoms with Gasteiger partial charge in [0.05, 0.1) is 36.6 Å². The van der Waals surface area contributed by atoms with Crippen molar-refractivity contribution in [3.8, 4) is 0 Å². The fourth-order valence-corrected chi connectivity index (χ4v) is 6.46. The van der Waals surface area contributed by atoms with E-state index in [1.165, 1.54) is 89.9 Å². The molecule has 0 heterocycles. The summed E-state index contributed by atoms with van der Waals surface area (Å²) in [7, 11) is 0. The van der Waals surface area contributed by atoms with E-state index in [1.54, 1.807) is 0 Å². The molecule has 0 unspecified atom stereocenters. The first-order valence-electron chi connectivity index (χ1n) is 20.0. The molecule has 0 spiro atoms. The van der Waals surface area contributed by atoms with E-state index in [0.29, 0.717) is 5.41 Å². The van der Waals surface area contributed by atoms with Crippen LogP contribution in [0.1, 0.15) is 213 Å². The Hall–Kier alpha value is -0.240. The van der Waals surface area contributed by atoms with Crippen molar-refractivity contribution < 1.29 is 28.4 Å². The maximum atomic E-state index is 6.20. The molecular formula is C41H84O6. The van der Waals surface area contributed by atoms with E-state index in [4.69, 9.17) is 28.4 Å². The van der Waals surface area contributed by atoms with E-state index >= 15 is 0 Å². The molecule has 0 saturated heterocycles. The Kier molecular flexibility index (Phi) is 25.5. The average molecular weight is 673 g/mol. The number of rotatable bonds is 32. The molecule has 6 heteroatoms. The summed E-state index contributed by atoms with van der Waals surface area (Å²) in [5, 5.41) is 0. The van der Waals surface area contributed by atoms with Gasteiger partial charge in [-0.3, -0.25) is 0 Å². The minimum atomic E-state index is -0.926. The van der Waals surface area contributed by atoms with Crippen molar-refractivity contribution in [1.82, 2.24) is 0 Å². The Morgan fingerprint density at radius 2 is 0.447 bits per heavy atom. The van der Waals surface area contributed by atoms with E-state index in [1.807, 2.05) is 0 Å². The third kappa shape index (κ3) is 26.3. The Balaban J connectivity index is 4.13. The lowest BCUT2D eigenvalue weighted by atomic mass is 9.82. The zero-order valence-electron chi connectivity index (χ0n) is 34.1. The van der Waals surface area contributed by atoms with Crippen LogP contribution >= 0.6 is 0 Å². The van der Waals surface area contributed by atoms with Gasteiger partial charge in [-0.2, -0.15) is 0 Å². The van der Waals surface area contributed by atoms with Gasteiger partial charge in [-0.15, -0.1) is 0 Å². The van der Waals surface area contributed by atoms with Gasteiger partial charge in [0.2, 0.25) is 0 Å². The fourth-order valence-electron chi connectivity index (χ4n) is 6.46. The molecule has 0 aromatic carbocycles. The molecule has 0 N–H and O–H groups in total. The highest BCUT2D eigenvalue weighted by Gasteiger charge is 2.37. The number of hydrogen-bond donors (Lipinski definition) is 0. The number of ether oxygens (including phenoxy) is 6. The van der Waals surface area contributed by atoms with Crippen LogP contribution in [0.25, 0.3) is 0 Å². The van der Waals surface area contributed by atoms with Crippen molar-refractivity contribution in [3.05, 3.63) is 0 Å². The minimum absolute atomic E-state index is 0.0604. The highest BCUT2D eigenvalue weighted by atomic mass is 16.9. The molecule has 0 bridgehead atoms. The Morgan fingerprint density at radius 1 is 0.277 bits per heavy atom. The summed E-state index contributed by atoms with van der Waals surface area (Å²) >= 11 is 0. The molecule has 0 aromatic rings. The number of unbranched alkanes of at least 4 members (excludes halogenated alkanes) is 12. The first-order valence-corrected chi connectivity index (χ1v) is 20.0. The van der Waals surface area contributed by atoms with Gasteiger partial charge in [-0.1, -0.05) is 90.9 Å². The molecule has 0 fully saturated rings. The third-order valence-electron chi connectivity index (χ3n) is 8.16. The van der Waals surface area contributed by atoms with E-state index in [9.17, 15) is 0 Å². The van der Waals surface area contributed by atoms with Crippen molar-refractivity contribution in [2.45, 2.75) is 261 Å². The maximum absolute atomic E-state index is 6.20. The minimum Gasteiger partial charge on any atom is -0.325 e. The van der Waals surface area contributed by atoms with Gasteiger partial charge in [-0.25, -0.2) is 0 Å². The molecule has 0 saturated carbocycles. The van der Waals surface area contributed by atoms with Crippen LogP contribution in [0.3, 0.4) is 0 Å². The van der Waals surface area contributed by atoms with Gasteiger partial charge in [0, 0.05) is 12.8 Å². The van der Waals surface area contributed by atoms with Gasteiger partial charge >= 0.3 is 0 Å². The molecule has 0 radical (unpaired) electrons. The van der Waals surface area contributed by atoms with Crippen molar-refractivity contribution in [1.29, 1.82) is 0 Å². The summed E-state index contributed by atoms with van der Waals surface area (Å²) in [6.45, 7) is 29.6. The molecule has 47 heavy (non-hydrogen) atoms. The van der Waals surface area contributed by atoms with Crippen LogP contribution in [0.2, 0.25) is 0 Å². The molecular weight excluding hydrogens is 588 g/mol. The molecule has 0 aliphatic carbocycles. The quantitative estimate of drug-likeness (QED) is 0.0523. The maximum Gasteiger partial charge on any atom is 0.283 e. The first-order chi connectivity index (χ1) is 21.9. The van der Waals surface area contributed by atoms with Crippen LogP contribution in [-0.4, -0.2) is 48.6 Å². The van der Waals surface area contributed by atoms with E-state index in [0.717, 1.165) is 25.7 Å². The average Bonchev–Trinajstić information content (AvgIpc) is 2.88. The highest BCUT2D eigenvalue weighted by Crippen LogP contribution is 2.32. The Bertz CT molecular complexity index is 604. The van der Waals surface area contributed by atoms with Crippen LogP contribution in [0.4, 0.5) is 0 Å². The van der Waals surface area contributed by atoms with Gasteiger partial charge in [-0.05, 0) is 114 Å². The lowest BCUT2D eigenvalue weighted by molar-refractivity contribution is -0.412. The van der Waals surface area contributed by atoms with Crippen molar-refractivity contribution in [3.63, 3.8) is 0 Å². The molecule has 0 rings (SSSR count). The Morgan fingerprint density at radius 3 is 0.638 bits per heavy atom. The molecule has 0 aromatic heterocycles. The largest absolute Gasteiger partial charge is 0.325 e. The van der Waals surface area contributed by atoms with Gasteiger partial charge < -0.3 is 28.4 Å². The van der Waals surface area contributed by atoms with Crippen molar-refractivity contribution in [2.75, 3.05) is 0 Å². The Labute approximate surface area is 294 Å². The van der Waals surface area contributed by atoms with Crippen molar-refractivity contribution >= 4 is 0 Å². The molecule has 284 valence electrons. The summed E-state index contributed by atoms with van der Waals surface area (Å²) in [6, 6.07) is 0. The van der Waals surface area contributed by atoms with Gasteiger partial charge in [0.1, 0.15) is 0 Å². The molecule has 0 amide bonds. The molecule has 0 aliphatic rings. The summed E-state index contributed by atoms with van der Waals surface area (Å²) in [5.41, 5.74) is 0.457. The van der Waals surface area contributed by atoms with Crippen LogP contribution < -0.4 is 0 Å². The van der Waals surface area contributed by atoms with Crippen LogP contribution in [-0.2, 0) is 28.4 Å². The van der Waals surface area contributed by atoms with Crippen LogP contribution in [0.15, 0.2) is 0 Å². The van der Waals surface area contributed by atoms with E-state index in [-0.39, 0.29) is 36.6 Å². The second-order valence-electron chi connectivity index (χ2n) is 16.5. The summed E-state index contributed by atoms with van der Waals surface area (Å²) in [5.74, 6) is -1.85. The molecule has 0 atom stereocenters. The SMILES string of the molecule is CC(C)OC(CCCCCCCCCC(C)(C)CCCCCCCCCC(OC(C)C)(OC(C)C)OC(C)C)(OC(C)C)OC(C)C. The second-order valence-corrected chi connectivity index (χ2v) is 16.5. The molecule has 0 aliphatic heterocycles. The summed E-state index contributed by atoms with van der Waals surface area (Å²) in [4.78, 5) is 0. The third-order valence-corrected chi connectivity index (χ3v) is 8.16. The zero-order chi connectivity index (χ0) is 35.9. The highest BCUT2D eigenvalue weighted by molar-refractivity contribution is 4.70. The first kappa shape index (κ1) is 46.8. The van der Waals surface area contributed by atoms with Crippen molar-refractivity contribution in [2.24, 2.45) is 5.41 Å². The predicted molar refractivity (Wildman–Crippen MR) is 200 cm³/mol. The standard InChI is InChI=1S/C41H84O6/c1-33(2)42-40(43-34(3)4,44-35(5)6)31-27-23-19-15-17-21-25-29-39(13,14)30-26-22-18-16-20-24-28-32-41(45-36(7)8,46-37(9)10)47-38(11)12/h33-38H,15-32H2,1-14H3. The lowest BCUT2D eigenvalue weighted by Crippen LogP contribution is -2.44. The summed E-state index contributed by atoms with van der Waals surface area (Å²) < 4.78 is 37.2. The van der Waals surface area contributed by atoms with Gasteiger partial charge in [0.25, 0.3) is 11.9 Å². The lowest BCUT2D eigenvalue weighted by Gasteiger charge is -2.38. The topological polar surface area (TPSA) is 55.4 Å². The zero-order valence-corrected chi connectivity index (χ0v) is 34.1. The van der Waals surface area contributed by atoms with Crippen LogP contribution in [0, 0.1) is 5.41 Å². The second kappa shape index (κ2) is 25.7. The summed E-state index contributed by atoms with van der Waals surface area (Å²) in [6.07, 6.45) is 22.4. The van der Waals surface area contributed by atoms with Crippen LogP contribution in [0.5, 0.6) is 0 Å². The normalized spacial score (nSPS) is 13.5. The predicted octanol–water partition coefficient (Wildman–Crippen LogP) is 12.9.